The third kappa shape index (κ3) is 3.85. The second kappa shape index (κ2) is 7.12. The van der Waals surface area contributed by atoms with Crippen LogP contribution in [0.15, 0.2) is 30.5 Å². The van der Waals surface area contributed by atoms with Crippen molar-refractivity contribution in [2.45, 2.75) is 33.2 Å². The number of hydrogen-bond acceptors (Lipinski definition) is 2. The van der Waals surface area contributed by atoms with Crippen molar-refractivity contribution in [2.75, 3.05) is 13.1 Å². The van der Waals surface area contributed by atoms with Crippen molar-refractivity contribution in [3.05, 3.63) is 36.0 Å². The lowest BCUT2D eigenvalue weighted by molar-refractivity contribution is 0.517. The van der Waals surface area contributed by atoms with E-state index in [4.69, 9.17) is 5.26 Å². The van der Waals surface area contributed by atoms with Gasteiger partial charge in [0.05, 0.1) is 11.6 Å². The van der Waals surface area contributed by atoms with E-state index >= 15 is 0 Å². The van der Waals surface area contributed by atoms with Crippen molar-refractivity contribution >= 4 is 10.9 Å². The predicted octanol–water partition coefficient (Wildman–Crippen LogP) is 3.54. The maximum atomic E-state index is 8.97. The minimum Gasteiger partial charge on any atom is -0.346 e. The molecule has 0 aliphatic carbocycles. The number of aromatic nitrogens is 1. The van der Waals surface area contributed by atoms with Gasteiger partial charge in [0.25, 0.3) is 0 Å². The van der Waals surface area contributed by atoms with Gasteiger partial charge >= 0.3 is 0 Å². The van der Waals surface area contributed by atoms with Crippen molar-refractivity contribution in [3.8, 4) is 6.07 Å². The van der Waals surface area contributed by atoms with E-state index in [0.29, 0.717) is 0 Å². The Morgan fingerprint density at radius 2 is 2.10 bits per heavy atom. The molecule has 2 rings (SSSR count). The first-order valence-corrected chi connectivity index (χ1v) is 7.40. The number of nitriles is 1. The largest absolute Gasteiger partial charge is 0.346 e. The summed E-state index contributed by atoms with van der Waals surface area (Å²) >= 11 is 0. The summed E-state index contributed by atoms with van der Waals surface area (Å²) in [5, 5.41) is 13.7. The average molecular weight is 269 g/mol. The normalized spacial score (nSPS) is 11.1. The molecule has 3 nitrogen and oxygen atoms in total. The fourth-order valence-electron chi connectivity index (χ4n) is 2.41. The van der Waals surface area contributed by atoms with E-state index in [1.54, 1.807) is 0 Å². The van der Waals surface area contributed by atoms with Crippen LogP contribution >= 0.6 is 0 Å². The number of hydrogen-bond donors (Lipinski definition) is 1. The van der Waals surface area contributed by atoms with Crippen molar-refractivity contribution < 1.29 is 0 Å². The minimum atomic E-state index is 0.724. The molecule has 106 valence electrons. The van der Waals surface area contributed by atoms with E-state index in [1.807, 2.05) is 18.2 Å². The quantitative estimate of drug-likeness (QED) is 0.781. The highest BCUT2D eigenvalue weighted by atomic mass is 15.0. The number of nitrogens with one attached hydrogen (secondary N) is 1. The summed E-state index contributed by atoms with van der Waals surface area (Å²) in [7, 11) is 0. The van der Waals surface area contributed by atoms with Gasteiger partial charge in [-0.05, 0) is 48.9 Å². The molecule has 0 aliphatic rings. The first-order valence-electron chi connectivity index (χ1n) is 7.40. The molecule has 20 heavy (non-hydrogen) atoms. The van der Waals surface area contributed by atoms with Gasteiger partial charge in [-0.15, -0.1) is 0 Å². The molecule has 0 atom stereocenters. The van der Waals surface area contributed by atoms with Crippen LogP contribution in [0, 0.1) is 17.2 Å². The summed E-state index contributed by atoms with van der Waals surface area (Å²) in [6, 6.07) is 10.2. The molecular formula is C17H23N3. The Balaban J connectivity index is 1.86. The summed E-state index contributed by atoms with van der Waals surface area (Å²) in [5.74, 6) is 0.787. The SMILES string of the molecule is CC(C)CCCNCCn1ccc2ccc(C#N)cc21. The van der Waals surface area contributed by atoms with Gasteiger partial charge < -0.3 is 9.88 Å². The fraction of sp³-hybridized carbons (Fsp3) is 0.471. The van der Waals surface area contributed by atoms with Gasteiger partial charge in [-0.1, -0.05) is 19.9 Å². The number of nitrogens with zero attached hydrogens (tertiary/aromatic N) is 2. The zero-order chi connectivity index (χ0) is 14.4. The van der Waals surface area contributed by atoms with Gasteiger partial charge in [-0.25, -0.2) is 0 Å². The number of rotatable bonds is 7. The van der Waals surface area contributed by atoms with Crippen molar-refractivity contribution in [3.63, 3.8) is 0 Å². The monoisotopic (exact) mass is 269 g/mol. The van der Waals surface area contributed by atoms with Crippen LogP contribution in [0.3, 0.4) is 0 Å². The van der Waals surface area contributed by atoms with E-state index in [2.05, 4.69) is 42.1 Å². The molecular weight excluding hydrogens is 246 g/mol. The first-order chi connectivity index (χ1) is 9.70. The molecule has 1 heterocycles. The Morgan fingerprint density at radius 3 is 2.85 bits per heavy atom. The first kappa shape index (κ1) is 14.6. The van der Waals surface area contributed by atoms with E-state index in [-0.39, 0.29) is 0 Å². The predicted molar refractivity (Wildman–Crippen MR) is 83.6 cm³/mol. The van der Waals surface area contributed by atoms with Crippen LogP contribution in [0.5, 0.6) is 0 Å². The van der Waals surface area contributed by atoms with Crippen LogP contribution in [0.25, 0.3) is 10.9 Å². The third-order valence-corrected chi connectivity index (χ3v) is 3.57. The highest BCUT2D eigenvalue weighted by Crippen LogP contribution is 2.17. The van der Waals surface area contributed by atoms with Gasteiger partial charge in [-0.3, -0.25) is 0 Å². The average Bonchev–Trinajstić information content (AvgIpc) is 2.84. The Labute approximate surface area is 121 Å². The van der Waals surface area contributed by atoms with E-state index in [9.17, 15) is 0 Å². The second-order valence-corrected chi connectivity index (χ2v) is 5.68. The molecule has 0 saturated heterocycles. The molecule has 0 saturated carbocycles. The summed E-state index contributed by atoms with van der Waals surface area (Å²) in [6.45, 7) is 7.52. The van der Waals surface area contributed by atoms with Crippen LogP contribution in [-0.4, -0.2) is 17.7 Å². The standard InChI is InChI=1S/C17H23N3/c1-14(2)4-3-8-19-9-11-20-10-7-16-6-5-15(13-18)12-17(16)20/h5-7,10,12,14,19H,3-4,8-9,11H2,1-2H3. The third-order valence-electron chi connectivity index (χ3n) is 3.57. The molecule has 0 spiro atoms. The molecule has 0 amide bonds. The Hall–Kier alpha value is -1.79. The van der Waals surface area contributed by atoms with Gasteiger partial charge in [0.2, 0.25) is 0 Å². The van der Waals surface area contributed by atoms with Crippen LogP contribution in [0.2, 0.25) is 0 Å². The van der Waals surface area contributed by atoms with E-state index in [0.717, 1.165) is 36.6 Å². The molecule has 0 unspecified atom stereocenters. The van der Waals surface area contributed by atoms with Crippen LogP contribution in [-0.2, 0) is 6.54 Å². The summed E-state index contributed by atoms with van der Waals surface area (Å²) in [6.07, 6.45) is 4.62. The van der Waals surface area contributed by atoms with E-state index in [1.165, 1.54) is 18.2 Å². The van der Waals surface area contributed by atoms with Gasteiger partial charge in [0, 0.05) is 24.8 Å². The zero-order valence-electron chi connectivity index (χ0n) is 12.4. The number of fused-ring (bicyclic) bond motifs is 1. The molecule has 0 fully saturated rings. The zero-order valence-corrected chi connectivity index (χ0v) is 12.4. The lowest BCUT2D eigenvalue weighted by Crippen LogP contribution is -2.21. The van der Waals surface area contributed by atoms with Crippen LogP contribution in [0.4, 0.5) is 0 Å². The van der Waals surface area contributed by atoms with Gasteiger partial charge in [0.1, 0.15) is 0 Å². The Bertz CT molecular complexity index is 590. The minimum absolute atomic E-state index is 0.724. The molecule has 1 N–H and O–H groups in total. The fourth-order valence-corrected chi connectivity index (χ4v) is 2.41. The summed E-state index contributed by atoms with van der Waals surface area (Å²) in [5.41, 5.74) is 1.87. The van der Waals surface area contributed by atoms with Crippen LogP contribution < -0.4 is 5.32 Å². The summed E-state index contributed by atoms with van der Waals surface area (Å²) in [4.78, 5) is 0. The number of benzene rings is 1. The molecule has 0 bridgehead atoms. The molecule has 0 aliphatic heterocycles. The molecule has 0 radical (unpaired) electrons. The van der Waals surface area contributed by atoms with Crippen molar-refractivity contribution in [1.82, 2.24) is 9.88 Å². The Kier molecular flexibility index (Phi) is 5.20. The van der Waals surface area contributed by atoms with Crippen molar-refractivity contribution in [1.29, 1.82) is 5.26 Å². The van der Waals surface area contributed by atoms with Gasteiger partial charge in [-0.2, -0.15) is 5.26 Å². The van der Waals surface area contributed by atoms with Crippen molar-refractivity contribution in [2.24, 2.45) is 5.92 Å². The Morgan fingerprint density at radius 1 is 1.25 bits per heavy atom. The lowest BCUT2D eigenvalue weighted by Gasteiger charge is -2.08. The topological polar surface area (TPSA) is 40.8 Å². The maximum absolute atomic E-state index is 8.97. The highest BCUT2D eigenvalue weighted by molar-refractivity contribution is 5.81. The molecule has 2 aromatic rings. The molecule has 1 aromatic heterocycles. The molecule has 1 aromatic carbocycles. The summed E-state index contributed by atoms with van der Waals surface area (Å²) < 4.78 is 2.21. The smallest absolute Gasteiger partial charge is 0.0992 e. The second-order valence-electron chi connectivity index (χ2n) is 5.68. The maximum Gasteiger partial charge on any atom is 0.0992 e. The highest BCUT2D eigenvalue weighted by Gasteiger charge is 2.02. The van der Waals surface area contributed by atoms with Gasteiger partial charge in [0.15, 0.2) is 0 Å². The van der Waals surface area contributed by atoms with Crippen LogP contribution in [0.1, 0.15) is 32.3 Å². The molecule has 3 heteroatoms. The van der Waals surface area contributed by atoms with E-state index < -0.39 is 0 Å². The lowest BCUT2D eigenvalue weighted by atomic mass is 10.1.